The first kappa shape index (κ1) is 122. The number of hydrogen-bond donors (Lipinski definition) is 0. The summed E-state index contributed by atoms with van der Waals surface area (Å²) in [6.45, 7) is 0.844. The van der Waals surface area contributed by atoms with E-state index >= 15 is 0 Å². The molecule has 0 bridgehead atoms. The van der Waals surface area contributed by atoms with E-state index in [0.29, 0.717) is 0 Å². The SMILES string of the molecule is CC1(C)c2ccccc2-c2cc(N(c3cccc(-c4ccc5sc6ccccc6c5c4)c3)c3ccc4c(c3)-c3ccccc3C4(C)C)ccc21.PP(P)P(P(P)P)P(P(P)P)P(P(P(P)P)P(P)P)P(P(P(P(P)P)P(P)P)P(P(P)P)P(P)P)P(P(P(P(P)P)P(P)P)P(P(P)P)P(P)P)P(P(P(P)P)P(P)P)P(P(P)P)P(P)P. The van der Waals surface area contributed by atoms with E-state index in [0.717, 1.165) is 17.1 Å². The van der Waals surface area contributed by atoms with Crippen molar-refractivity contribution >= 4 is 576 Å². The third-order valence-electron chi connectivity index (χ3n) is 17.2. The molecule has 0 amide bonds. The third kappa shape index (κ3) is 31.2. The summed E-state index contributed by atoms with van der Waals surface area (Å²) in [5, 5.41) is 2.65. The van der Waals surface area contributed by atoms with E-state index in [1.807, 2.05) is 11.3 Å². The van der Waals surface area contributed by atoms with Gasteiger partial charge in [-0.3, -0.25) is 0 Å². The molecule has 1 nitrogen and oxygen atoms in total. The van der Waals surface area contributed by atoms with Crippen LogP contribution >= 0.6 is 539 Å². The molecular formula is C48H105NP66S. The van der Waals surface area contributed by atoms with Crippen LogP contribution in [0.4, 0.5) is 17.1 Å². The van der Waals surface area contributed by atoms with Crippen LogP contribution in [0.3, 0.4) is 0 Å². The number of rotatable bonds is 35. The second kappa shape index (κ2) is 58.1. The van der Waals surface area contributed by atoms with Crippen molar-refractivity contribution in [3.63, 3.8) is 0 Å². The van der Waals surface area contributed by atoms with E-state index in [-0.39, 0.29) is 234 Å². The fourth-order valence-corrected chi connectivity index (χ4v) is 976. The van der Waals surface area contributed by atoms with Gasteiger partial charge in [0.2, 0.25) is 0 Å². The van der Waals surface area contributed by atoms with E-state index in [4.69, 9.17) is 0 Å². The molecule has 0 spiro atoms. The van der Waals surface area contributed by atoms with E-state index < -0.39 is 0 Å². The molecule has 2 aliphatic carbocycles. The van der Waals surface area contributed by atoms with E-state index in [9.17, 15) is 0 Å². The average molecular weight is 2770 g/mol. The second-order valence-corrected chi connectivity index (χ2v) is 299. The van der Waals surface area contributed by atoms with Gasteiger partial charge in [0.15, 0.2) is 0 Å². The van der Waals surface area contributed by atoms with E-state index in [1.54, 1.807) is 0 Å². The van der Waals surface area contributed by atoms with E-state index in [1.165, 1.54) is 75.8 Å². The highest BCUT2D eigenvalue weighted by molar-refractivity contribution is 9.55. The number of thiophene rings is 1. The molecule has 0 N–H and O–H groups in total. The molecule has 638 valence electrons. The maximum Gasteiger partial charge on any atom is 0.0468 e. The van der Waals surface area contributed by atoms with Gasteiger partial charge in [-0.05, 0) is 334 Å². The first-order chi connectivity index (χ1) is 54.2. The van der Waals surface area contributed by atoms with Crippen molar-refractivity contribution in [3.8, 4) is 33.4 Å². The van der Waals surface area contributed by atoms with E-state index in [2.05, 4.69) is 488 Å². The van der Waals surface area contributed by atoms with Crippen LogP contribution in [-0.2, 0) is 10.8 Å². The van der Waals surface area contributed by atoms with Crippen LogP contribution in [0.5, 0.6) is 0 Å². The van der Waals surface area contributed by atoms with Gasteiger partial charge in [0.05, 0.1) is 0 Å². The Bertz CT molecular complexity index is 4260. The predicted molar refractivity (Wildman–Crippen MR) is 766 cm³/mol. The van der Waals surface area contributed by atoms with Gasteiger partial charge in [-0.25, -0.2) is 0 Å². The van der Waals surface area contributed by atoms with Crippen LogP contribution in [-0.4, -0.2) is 0 Å². The van der Waals surface area contributed by atoms with Crippen LogP contribution in [0.2, 0.25) is 0 Å². The van der Waals surface area contributed by atoms with Crippen molar-refractivity contribution in [3.05, 3.63) is 174 Å². The average Bonchev–Trinajstić information content (AvgIpc) is 0.792. The standard InChI is InChI=1S/C48H37NS.H68P66/c1-47(2)41-17-8-5-14-35(41)38-28-33(21-23-43(38)47)49(34-22-24-44-39(29-34)36-15-6-9-18-42(36)48(44,3)4)32-13-11-12-30(26-32)31-20-25-46-40(27-31)37-16-7-10-19-45(37)50-46;1-35(2)52(36(3)4)60(51(33)34)64(59(49(29)30)50(31)32)66(63(57(45(21)22)46(23)24)58(47(25)26)48(27)28)65(61(53(37(5)6)38(7)8)54(39(9)10)40(11)12)62(55(41(13)14)42(15)16)56(43(17)18)44(19)20/h5-29H,1-4H3;1-34H2. The van der Waals surface area contributed by atoms with Gasteiger partial charge in [0, 0.05) is 48.1 Å². The van der Waals surface area contributed by atoms with Crippen molar-refractivity contribution in [2.45, 2.75) is 38.5 Å². The Labute approximate surface area is 815 Å². The zero-order valence-electron chi connectivity index (χ0n) is 62.7. The number of anilines is 3. The van der Waals surface area contributed by atoms with Crippen LogP contribution in [0.25, 0.3) is 53.6 Å². The highest BCUT2D eigenvalue weighted by Crippen LogP contribution is 3.50. The molecule has 8 aromatic rings. The van der Waals surface area contributed by atoms with Crippen LogP contribution < -0.4 is 4.90 Å². The lowest BCUT2D eigenvalue weighted by atomic mass is 9.82. The smallest absolute Gasteiger partial charge is 0.0468 e. The molecular weight excluding hydrogens is 2670 g/mol. The molecule has 2 aliphatic rings. The highest BCUT2D eigenvalue weighted by Gasteiger charge is 2.63. The molecule has 10 rings (SSSR count). The molecule has 0 saturated heterocycles. The molecule has 0 fully saturated rings. The van der Waals surface area contributed by atoms with Crippen LogP contribution in [0, 0.1) is 0 Å². The van der Waals surface area contributed by atoms with Gasteiger partial charge in [-0.15, -0.1) is 315 Å². The Kier molecular flexibility index (Phi) is 61.4. The number of nitrogens with zero attached hydrogens (tertiary/aromatic N) is 1. The fraction of sp³-hybridized carbons (Fsp3) is 0.125. The monoisotopic (exact) mass is 2770 g/mol. The number of fused-ring (bicyclic) bond motifs is 9. The Balaban J connectivity index is 0.000000272. The maximum atomic E-state index is 3.67. The summed E-state index contributed by atoms with van der Waals surface area (Å²) in [5.41, 5.74) is 16.7. The van der Waals surface area contributed by atoms with Gasteiger partial charge in [-0.2, -0.15) is 0 Å². The summed E-state index contributed by atoms with van der Waals surface area (Å²) < 4.78 is 2.66. The van der Waals surface area contributed by atoms with Crippen molar-refractivity contribution in [1.82, 2.24) is 0 Å². The molecule has 116 heavy (non-hydrogen) atoms. The highest BCUT2D eigenvalue weighted by atomic mass is 33.6. The van der Waals surface area contributed by atoms with Gasteiger partial charge in [0.25, 0.3) is 0 Å². The summed E-state index contributed by atoms with van der Waals surface area (Å²) in [4.78, 5) is 2.46. The lowest BCUT2D eigenvalue weighted by molar-refractivity contribution is 0.660. The molecule has 37 unspecified atom stereocenters. The van der Waals surface area contributed by atoms with Gasteiger partial charge < -0.3 is 4.90 Å². The largest absolute Gasteiger partial charge is 0.310 e. The normalized spacial score (nSPS) is 15.4. The van der Waals surface area contributed by atoms with Crippen molar-refractivity contribution in [2.75, 3.05) is 4.90 Å². The molecule has 37 atom stereocenters. The molecule has 0 saturated carbocycles. The number of benzene rings is 7. The van der Waals surface area contributed by atoms with Crippen LogP contribution in [0.1, 0.15) is 49.9 Å². The molecule has 0 aliphatic heterocycles. The van der Waals surface area contributed by atoms with Crippen LogP contribution in [0.15, 0.2) is 152 Å². The maximum absolute atomic E-state index is 3.67. The molecule has 1 heterocycles. The minimum absolute atomic E-state index is 0.0391. The molecule has 7 aromatic carbocycles. The molecule has 68 heteroatoms. The second-order valence-electron chi connectivity index (χ2n) is 25.5. The summed E-state index contributed by atoms with van der Waals surface area (Å²) in [7, 11) is 122. The van der Waals surface area contributed by atoms with Crippen molar-refractivity contribution in [2.24, 2.45) is 0 Å². The lowest BCUT2D eigenvalue weighted by Gasteiger charge is -2.61. The van der Waals surface area contributed by atoms with Crippen molar-refractivity contribution in [1.29, 1.82) is 0 Å². The zero-order valence-corrected chi connectivity index (χ0v) is 131. The van der Waals surface area contributed by atoms with Gasteiger partial charge in [0.1, 0.15) is 0 Å². The first-order valence-electron chi connectivity index (χ1n) is 32.6. The summed E-state index contributed by atoms with van der Waals surface area (Å²) >= 11 is 1.87. The summed E-state index contributed by atoms with van der Waals surface area (Å²) in [6, 6.07) is 56.9. The molecule has 1 aromatic heterocycles. The van der Waals surface area contributed by atoms with Crippen molar-refractivity contribution < 1.29 is 0 Å². The summed E-state index contributed by atoms with van der Waals surface area (Å²) in [6.07, 6.45) is 0. The molecule has 0 radical (unpaired) electrons. The number of hydrogen-bond acceptors (Lipinski definition) is 2. The van der Waals surface area contributed by atoms with Gasteiger partial charge >= 0.3 is 0 Å². The minimum atomic E-state index is -0.331. The Morgan fingerprint density at radius 1 is 0.207 bits per heavy atom. The van der Waals surface area contributed by atoms with Gasteiger partial charge in [-0.1, -0.05) is 125 Å². The first-order valence-corrected chi connectivity index (χ1v) is 153. The Morgan fingerprint density at radius 2 is 0.466 bits per heavy atom. The third-order valence-corrected chi connectivity index (χ3v) is 478. The zero-order chi connectivity index (χ0) is 86.3. The Hall–Kier alpha value is 22.9. The summed E-state index contributed by atoms with van der Waals surface area (Å²) in [5.74, 6) is 0. The minimum Gasteiger partial charge on any atom is -0.310 e. The Morgan fingerprint density at radius 3 is 0.802 bits per heavy atom. The predicted octanol–water partition coefficient (Wildman–Crippen LogP) is 52.4. The lowest BCUT2D eigenvalue weighted by Crippen LogP contribution is -2.16. The quantitative estimate of drug-likeness (QED) is 0.0358. The topological polar surface area (TPSA) is 3.24 Å². The fourth-order valence-electron chi connectivity index (χ4n) is 12.8.